The molecule has 20 heavy (non-hydrogen) atoms. The molecule has 0 spiro atoms. The van der Waals surface area contributed by atoms with Gasteiger partial charge < -0.3 is 10.6 Å². The monoisotopic (exact) mass is 272 g/mol. The molecular formula is C15H20N4O. The Bertz CT molecular complexity index is 574. The summed E-state index contributed by atoms with van der Waals surface area (Å²) in [5.74, 6) is -0.0274. The predicted molar refractivity (Wildman–Crippen MR) is 79.5 cm³/mol. The first-order chi connectivity index (χ1) is 9.65. The van der Waals surface area contributed by atoms with Gasteiger partial charge in [0, 0.05) is 32.0 Å². The van der Waals surface area contributed by atoms with Gasteiger partial charge in [-0.1, -0.05) is 19.1 Å². The molecule has 0 radical (unpaired) electrons. The van der Waals surface area contributed by atoms with E-state index in [0.29, 0.717) is 18.7 Å². The van der Waals surface area contributed by atoms with Crippen molar-refractivity contribution < 1.29 is 4.79 Å². The molecule has 2 aromatic rings. The number of aryl methyl sites for hydroxylation is 1. The number of aromatic nitrogens is 2. The minimum atomic E-state index is -0.0274. The third-order valence-electron chi connectivity index (χ3n) is 3.13. The fourth-order valence-corrected chi connectivity index (χ4v) is 2.07. The number of hydrogen-bond donors (Lipinski definition) is 1. The zero-order valence-corrected chi connectivity index (χ0v) is 11.9. The fraction of sp³-hybridized carbons (Fsp3) is 0.333. The fourth-order valence-electron chi connectivity index (χ4n) is 2.07. The van der Waals surface area contributed by atoms with Crippen LogP contribution in [0.3, 0.4) is 0 Å². The number of benzene rings is 1. The van der Waals surface area contributed by atoms with Crippen LogP contribution in [0.2, 0.25) is 0 Å². The Morgan fingerprint density at radius 3 is 2.55 bits per heavy atom. The summed E-state index contributed by atoms with van der Waals surface area (Å²) >= 11 is 0. The molecule has 0 atom stereocenters. The van der Waals surface area contributed by atoms with Crippen LogP contribution in [0.5, 0.6) is 0 Å². The van der Waals surface area contributed by atoms with Gasteiger partial charge in [-0.2, -0.15) is 5.10 Å². The lowest BCUT2D eigenvalue weighted by Gasteiger charge is -2.22. The Labute approximate surface area is 119 Å². The van der Waals surface area contributed by atoms with Crippen LogP contribution in [0, 0.1) is 0 Å². The summed E-state index contributed by atoms with van der Waals surface area (Å²) in [6.07, 6.45) is 4.23. The normalized spacial score (nSPS) is 10.6. The number of carbonyl (C=O) groups is 1. The van der Waals surface area contributed by atoms with Gasteiger partial charge in [0.05, 0.1) is 11.8 Å². The zero-order valence-electron chi connectivity index (χ0n) is 11.9. The van der Waals surface area contributed by atoms with Gasteiger partial charge in [-0.3, -0.25) is 9.48 Å². The van der Waals surface area contributed by atoms with E-state index in [4.69, 9.17) is 5.73 Å². The van der Waals surface area contributed by atoms with Crippen molar-refractivity contribution in [3.8, 4) is 0 Å². The minimum Gasteiger partial charge on any atom is -0.326 e. The van der Waals surface area contributed by atoms with E-state index in [1.807, 2.05) is 24.3 Å². The van der Waals surface area contributed by atoms with Gasteiger partial charge in [0.2, 0.25) is 0 Å². The van der Waals surface area contributed by atoms with Crippen LogP contribution in [-0.2, 0) is 13.6 Å². The molecule has 1 amide bonds. The first-order valence-electron chi connectivity index (χ1n) is 6.75. The van der Waals surface area contributed by atoms with Crippen molar-refractivity contribution in [1.82, 2.24) is 9.78 Å². The van der Waals surface area contributed by atoms with E-state index in [-0.39, 0.29) is 5.91 Å². The number of nitrogens with zero attached hydrogens (tertiary/aromatic N) is 3. The van der Waals surface area contributed by atoms with Gasteiger partial charge in [0.1, 0.15) is 0 Å². The molecule has 5 nitrogen and oxygen atoms in total. The van der Waals surface area contributed by atoms with Crippen molar-refractivity contribution in [2.24, 2.45) is 12.8 Å². The lowest BCUT2D eigenvalue weighted by molar-refractivity contribution is 0.0987. The molecule has 5 heteroatoms. The SMILES string of the molecule is CCCN(C(=O)c1cnn(C)c1)c1ccc(CN)cc1. The van der Waals surface area contributed by atoms with E-state index in [1.54, 1.807) is 29.0 Å². The molecule has 0 aliphatic carbocycles. The molecule has 0 saturated heterocycles. The molecule has 1 aromatic carbocycles. The summed E-state index contributed by atoms with van der Waals surface area (Å²) in [6.45, 7) is 3.23. The van der Waals surface area contributed by atoms with E-state index >= 15 is 0 Å². The summed E-state index contributed by atoms with van der Waals surface area (Å²) in [7, 11) is 1.80. The van der Waals surface area contributed by atoms with Crippen LogP contribution in [0.25, 0.3) is 0 Å². The number of hydrogen-bond acceptors (Lipinski definition) is 3. The highest BCUT2D eigenvalue weighted by atomic mass is 16.2. The van der Waals surface area contributed by atoms with Crippen molar-refractivity contribution in [3.05, 3.63) is 47.8 Å². The summed E-state index contributed by atoms with van der Waals surface area (Å²) in [4.78, 5) is 14.3. The molecule has 0 bridgehead atoms. The Kier molecular flexibility index (Phi) is 4.53. The number of nitrogens with two attached hydrogens (primary N) is 1. The van der Waals surface area contributed by atoms with E-state index in [1.165, 1.54) is 0 Å². The van der Waals surface area contributed by atoms with E-state index in [0.717, 1.165) is 17.7 Å². The third kappa shape index (κ3) is 3.05. The van der Waals surface area contributed by atoms with Crippen molar-refractivity contribution in [3.63, 3.8) is 0 Å². The number of anilines is 1. The first-order valence-corrected chi connectivity index (χ1v) is 6.75. The summed E-state index contributed by atoms with van der Waals surface area (Å²) in [5.41, 5.74) is 8.14. The topological polar surface area (TPSA) is 64.2 Å². The molecule has 0 saturated carbocycles. The van der Waals surface area contributed by atoms with Gasteiger partial charge in [-0.25, -0.2) is 0 Å². The van der Waals surface area contributed by atoms with Gasteiger partial charge in [-0.05, 0) is 24.1 Å². The Morgan fingerprint density at radius 1 is 1.35 bits per heavy atom. The lowest BCUT2D eigenvalue weighted by Crippen LogP contribution is -2.31. The molecule has 0 unspecified atom stereocenters. The van der Waals surface area contributed by atoms with Crippen molar-refractivity contribution in [2.75, 3.05) is 11.4 Å². The lowest BCUT2D eigenvalue weighted by atomic mass is 10.1. The summed E-state index contributed by atoms with van der Waals surface area (Å²) in [5, 5.41) is 4.05. The molecule has 0 aliphatic rings. The molecule has 2 N–H and O–H groups in total. The highest BCUT2D eigenvalue weighted by Gasteiger charge is 2.18. The van der Waals surface area contributed by atoms with Gasteiger partial charge >= 0.3 is 0 Å². The van der Waals surface area contributed by atoms with Crippen LogP contribution < -0.4 is 10.6 Å². The van der Waals surface area contributed by atoms with Crippen LogP contribution in [0.15, 0.2) is 36.7 Å². The second-order valence-electron chi connectivity index (χ2n) is 4.73. The summed E-state index contributed by atoms with van der Waals surface area (Å²) < 4.78 is 1.63. The second kappa shape index (κ2) is 6.34. The highest BCUT2D eigenvalue weighted by Crippen LogP contribution is 2.18. The molecular weight excluding hydrogens is 252 g/mol. The smallest absolute Gasteiger partial charge is 0.261 e. The quantitative estimate of drug-likeness (QED) is 0.904. The van der Waals surface area contributed by atoms with Crippen LogP contribution in [-0.4, -0.2) is 22.2 Å². The first kappa shape index (κ1) is 14.3. The third-order valence-corrected chi connectivity index (χ3v) is 3.13. The van der Waals surface area contributed by atoms with Gasteiger partial charge in [-0.15, -0.1) is 0 Å². The molecule has 1 heterocycles. The molecule has 0 aliphatic heterocycles. The predicted octanol–water partition coefficient (Wildman–Crippen LogP) is 1.94. The van der Waals surface area contributed by atoms with E-state index in [9.17, 15) is 4.79 Å². The zero-order chi connectivity index (χ0) is 14.5. The Morgan fingerprint density at radius 2 is 2.05 bits per heavy atom. The number of amides is 1. The average molecular weight is 272 g/mol. The molecule has 1 aromatic heterocycles. The Balaban J connectivity index is 2.27. The number of carbonyl (C=O) groups excluding carboxylic acids is 1. The highest BCUT2D eigenvalue weighted by molar-refractivity contribution is 6.05. The maximum atomic E-state index is 12.6. The molecule has 0 fully saturated rings. The minimum absolute atomic E-state index is 0.0274. The van der Waals surface area contributed by atoms with Crippen molar-refractivity contribution >= 4 is 11.6 Å². The standard InChI is InChI=1S/C15H20N4O/c1-3-8-19(14-6-4-12(9-16)5-7-14)15(20)13-10-17-18(2)11-13/h4-7,10-11H,3,8-9,16H2,1-2H3. The summed E-state index contributed by atoms with van der Waals surface area (Å²) in [6, 6.07) is 7.78. The van der Waals surface area contributed by atoms with E-state index in [2.05, 4.69) is 12.0 Å². The Hall–Kier alpha value is -2.14. The van der Waals surface area contributed by atoms with Crippen LogP contribution in [0.4, 0.5) is 5.69 Å². The molecule has 106 valence electrons. The van der Waals surface area contributed by atoms with Crippen molar-refractivity contribution in [2.45, 2.75) is 19.9 Å². The second-order valence-corrected chi connectivity index (χ2v) is 4.73. The van der Waals surface area contributed by atoms with Gasteiger partial charge in [0.25, 0.3) is 5.91 Å². The molecule has 2 rings (SSSR count). The van der Waals surface area contributed by atoms with Gasteiger partial charge in [0.15, 0.2) is 0 Å². The maximum Gasteiger partial charge on any atom is 0.261 e. The van der Waals surface area contributed by atoms with Crippen molar-refractivity contribution in [1.29, 1.82) is 0 Å². The van der Waals surface area contributed by atoms with Crippen LogP contribution >= 0.6 is 0 Å². The van der Waals surface area contributed by atoms with Crippen LogP contribution in [0.1, 0.15) is 29.3 Å². The largest absolute Gasteiger partial charge is 0.326 e. The van der Waals surface area contributed by atoms with E-state index < -0.39 is 0 Å². The maximum absolute atomic E-state index is 12.6. The number of rotatable bonds is 5. The average Bonchev–Trinajstić information content (AvgIpc) is 2.91.